The maximum Gasteiger partial charge on any atom is 0.188 e. The van der Waals surface area contributed by atoms with Gasteiger partial charge in [0.05, 0.1) is 6.61 Å². The van der Waals surface area contributed by atoms with E-state index in [2.05, 4.69) is 6.92 Å². The molecular formula is C13H19NO2. The summed E-state index contributed by atoms with van der Waals surface area (Å²) in [6.07, 6.45) is 2.17. The van der Waals surface area contributed by atoms with E-state index in [1.165, 1.54) is 5.56 Å². The monoisotopic (exact) mass is 221 g/mol. The molecule has 16 heavy (non-hydrogen) atoms. The lowest BCUT2D eigenvalue weighted by Gasteiger charge is -2.03. The standard InChI is InChI=1S/C13H19NO2/c1-2-3-11-4-6-12(7-5-11)13(15)10-16-9-8-14/h4-7H,2-3,8-10,14H2,1H3. The number of carbonyl (C=O) groups is 1. The second-order valence-corrected chi connectivity index (χ2v) is 3.71. The minimum atomic E-state index is 0.0106. The van der Waals surface area contributed by atoms with Crippen molar-refractivity contribution in [3.8, 4) is 0 Å². The van der Waals surface area contributed by atoms with Crippen LogP contribution in [-0.4, -0.2) is 25.5 Å². The zero-order valence-electron chi connectivity index (χ0n) is 9.74. The van der Waals surface area contributed by atoms with Crippen LogP contribution in [0.2, 0.25) is 0 Å². The number of ketones is 1. The number of ether oxygens (including phenoxy) is 1. The molecule has 0 radical (unpaired) electrons. The van der Waals surface area contributed by atoms with E-state index >= 15 is 0 Å². The lowest BCUT2D eigenvalue weighted by molar-refractivity contribution is 0.0774. The molecule has 0 aromatic heterocycles. The summed E-state index contributed by atoms with van der Waals surface area (Å²) in [5.41, 5.74) is 7.24. The van der Waals surface area contributed by atoms with Gasteiger partial charge in [-0.1, -0.05) is 37.6 Å². The Labute approximate surface area is 96.6 Å². The molecule has 0 bridgehead atoms. The van der Waals surface area contributed by atoms with Gasteiger partial charge in [-0.2, -0.15) is 0 Å². The largest absolute Gasteiger partial charge is 0.372 e. The van der Waals surface area contributed by atoms with Crippen LogP contribution in [0.25, 0.3) is 0 Å². The maximum atomic E-state index is 11.6. The average molecular weight is 221 g/mol. The summed E-state index contributed by atoms with van der Waals surface area (Å²) in [6.45, 7) is 3.13. The van der Waals surface area contributed by atoms with Crippen LogP contribution in [0.1, 0.15) is 29.3 Å². The fourth-order valence-electron chi connectivity index (χ4n) is 1.48. The first-order valence-electron chi connectivity index (χ1n) is 5.68. The molecule has 2 N–H and O–H groups in total. The number of hydrogen-bond acceptors (Lipinski definition) is 3. The van der Waals surface area contributed by atoms with Gasteiger partial charge in [-0.25, -0.2) is 0 Å². The molecule has 0 amide bonds. The molecule has 0 atom stereocenters. The highest BCUT2D eigenvalue weighted by Gasteiger charge is 2.05. The van der Waals surface area contributed by atoms with Gasteiger partial charge >= 0.3 is 0 Å². The van der Waals surface area contributed by atoms with E-state index in [9.17, 15) is 4.79 Å². The van der Waals surface area contributed by atoms with Crippen molar-refractivity contribution in [3.63, 3.8) is 0 Å². The van der Waals surface area contributed by atoms with Crippen molar-refractivity contribution in [2.24, 2.45) is 5.73 Å². The van der Waals surface area contributed by atoms with Gasteiger partial charge in [0.2, 0.25) is 0 Å². The van der Waals surface area contributed by atoms with Crippen LogP contribution in [0.15, 0.2) is 24.3 Å². The highest BCUT2D eigenvalue weighted by molar-refractivity contribution is 5.97. The molecular weight excluding hydrogens is 202 g/mol. The fraction of sp³-hybridized carbons (Fsp3) is 0.462. The molecule has 1 aromatic carbocycles. The van der Waals surface area contributed by atoms with E-state index in [0.717, 1.165) is 12.8 Å². The van der Waals surface area contributed by atoms with Gasteiger partial charge in [-0.3, -0.25) is 4.79 Å². The molecule has 0 aliphatic rings. The maximum absolute atomic E-state index is 11.6. The first-order chi connectivity index (χ1) is 7.77. The number of aryl methyl sites for hydroxylation is 1. The Morgan fingerprint density at radius 3 is 2.56 bits per heavy atom. The van der Waals surface area contributed by atoms with Crippen molar-refractivity contribution in [1.82, 2.24) is 0 Å². The van der Waals surface area contributed by atoms with Crippen LogP contribution in [0.4, 0.5) is 0 Å². The molecule has 0 saturated carbocycles. The summed E-state index contributed by atoms with van der Waals surface area (Å²) in [6, 6.07) is 7.72. The van der Waals surface area contributed by atoms with Gasteiger partial charge in [0.15, 0.2) is 5.78 Å². The third-order valence-electron chi connectivity index (χ3n) is 2.31. The van der Waals surface area contributed by atoms with Crippen molar-refractivity contribution in [3.05, 3.63) is 35.4 Å². The molecule has 1 aromatic rings. The van der Waals surface area contributed by atoms with Gasteiger partial charge in [-0.05, 0) is 12.0 Å². The van der Waals surface area contributed by atoms with E-state index in [4.69, 9.17) is 10.5 Å². The Morgan fingerprint density at radius 2 is 2.00 bits per heavy atom. The van der Waals surface area contributed by atoms with Gasteiger partial charge in [0.1, 0.15) is 6.61 Å². The molecule has 0 aliphatic heterocycles. The van der Waals surface area contributed by atoms with Crippen LogP contribution < -0.4 is 5.73 Å². The smallest absolute Gasteiger partial charge is 0.188 e. The third kappa shape index (κ3) is 4.13. The molecule has 0 aliphatic carbocycles. The van der Waals surface area contributed by atoms with Crippen LogP contribution in [0.5, 0.6) is 0 Å². The second-order valence-electron chi connectivity index (χ2n) is 3.71. The molecule has 0 saturated heterocycles. The number of carbonyl (C=O) groups excluding carboxylic acids is 1. The second kappa shape index (κ2) is 7.14. The lowest BCUT2D eigenvalue weighted by Crippen LogP contribution is -2.14. The molecule has 0 heterocycles. The summed E-state index contributed by atoms with van der Waals surface area (Å²) < 4.78 is 5.10. The first-order valence-corrected chi connectivity index (χ1v) is 5.68. The average Bonchev–Trinajstić information content (AvgIpc) is 2.30. The fourth-order valence-corrected chi connectivity index (χ4v) is 1.48. The molecule has 0 unspecified atom stereocenters. The summed E-state index contributed by atoms with van der Waals surface area (Å²) in [5, 5.41) is 0. The lowest BCUT2D eigenvalue weighted by atomic mass is 10.1. The molecule has 3 nitrogen and oxygen atoms in total. The first kappa shape index (κ1) is 12.9. The molecule has 1 rings (SSSR count). The zero-order chi connectivity index (χ0) is 11.8. The summed E-state index contributed by atoms with van der Waals surface area (Å²) in [7, 11) is 0. The van der Waals surface area contributed by atoms with E-state index in [1.807, 2.05) is 24.3 Å². The number of nitrogens with two attached hydrogens (primary N) is 1. The van der Waals surface area contributed by atoms with E-state index in [1.54, 1.807) is 0 Å². The Bertz CT molecular complexity index is 319. The SMILES string of the molecule is CCCc1ccc(C(=O)COCCN)cc1. The van der Waals surface area contributed by atoms with Crippen LogP contribution in [0, 0.1) is 0 Å². The van der Waals surface area contributed by atoms with Gasteiger partial charge in [-0.15, -0.1) is 0 Å². The molecule has 88 valence electrons. The highest BCUT2D eigenvalue weighted by atomic mass is 16.5. The molecule has 3 heteroatoms. The third-order valence-corrected chi connectivity index (χ3v) is 2.31. The van der Waals surface area contributed by atoms with Crippen molar-refractivity contribution in [1.29, 1.82) is 0 Å². The van der Waals surface area contributed by atoms with Crippen molar-refractivity contribution < 1.29 is 9.53 Å². The summed E-state index contributed by atoms with van der Waals surface area (Å²) in [5.74, 6) is 0.0106. The number of benzene rings is 1. The Kier molecular flexibility index (Phi) is 5.75. The normalized spacial score (nSPS) is 10.4. The van der Waals surface area contributed by atoms with Crippen LogP contribution in [-0.2, 0) is 11.2 Å². The minimum absolute atomic E-state index is 0.0106. The zero-order valence-corrected chi connectivity index (χ0v) is 9.74. The van der Waals surface area contributed by atoms with E-state index in [0.29, 0.717) is 18.7 Å². The highest BCUT2D eigenvalue weighted by Crippen LogP contribution is 2.07. The van der Waals surface area contributed by atoms with Gasteiger partial charge < -0.3 is 10.5 Å². The Balaban J connectivity index is 2.49. The van der Waals surface area contributed by atoms with Gasteiger partial charge in [0, 0.05) is 12.1 Å². The van der Waals surface area contributed by atoms with Crippen LogP contribution >= 0.6 is 0 Å². The molecule has 0 spiro atoms. The number of hydrogen-bond donors (Lipinski definition) is 1. The predicted octanol–water partition coefficient (Wildman–Crippen LogP) is 1.80. The number of rotatable bonds is 7. The minimum Gasteiger partial charge on any atom is -0.372 e. The Morgan fingerprint density at radius 1 is 1.31 bits per heavy atom. The van der Waals surface area contributed by atoms with Gasteiger partial charge in [0.25, 0.3) is 0 Å². The molecule has 0 fully saturated rings. The quantitative estimate of drug-likeness (QED) is 0.564. The topological polar surface area (TPSA) is 52.3 Å². The van der Waals surface area contributed by atoms with Crippen molar-refractivity contribution in [2.45, 2.75) is 19.8 Å². The van der Waals surface area contributed by atoms with Crippen molar-refractivity contribution in [2.75, 3.05) is 19.8 Å². The summed E-state index contributed by atoms with van der Waals surface area (Å²) >= 11 is 0. The Hall–Kier alpha value is -1.19. The number of Topliss-reactive ketones (excluding diaryl/α,β-unsaturated/α-hetero) is 1. The van der Waals surface area contributed by atoms with Crippen LogP contribution in [0.3, 0.4) is 0 Å². The predicted molar refractivity (Wildman–Crippen MR) is 64.6 cm³/mol. The van der Waals surface area contributed by atoms with E-state index in [-0.39, 0.29) is 12.4 Å². The van der Waals surface area contributed by atoms with Crippen molar-refractivity contribution >= 4 is 5.78 Å². The van der Waals surface area contributed by atoms with E-state index < -0.39 is 0 Å². The summed E-state index contributed by atoms with van der Waals surface area (Å²) in [4.78, 5) is 11.6.